The highest BCUT2D eigenvalue weighted by Crippen LogP contribution is 2.27. The highest BCUT2D eigenvalue weighted by Gasteiger charge is 2.10. The number of carbonyl (C=O) groups is 1. The van der Waals surface area contributed by atoms with Crippen molar-refractivity contribution in [3.05, 3.63) is 23.8 Å². The number of hydrogen-bond donors (Lipinski definition) is 1. The first-order valence-corrected chi connectivity index (χ1v) is 7.61. The van der Waals surface area contributed by atoms with E-state index >= 15 is 0 Å². The Kier molecular flexibility index (Phi) is 7.84. The van der Waals surface area contributed by atoms with E-state index < -0.39 is 0 Å². The van der Waals surface area contributed by atoms with Crippen LogP contribution < -0.4 is 14.8 Å². The van der Waals surface area contributed by atoms with Crippen molar-refractivity contribution >= 4 is 5.91 Å². The van der Waals surface area contributed by atoms with Crippen LogP contribution in [-0.2, 0) is 4.79 Å². The molecule has 0 heterocycles. The summed E-state index contributed by atoms with van der Waals surface area (Å²) in [6, 6.07) is 7.02. The Bertz CT molecular complexity index is 523. The molecule has 0 fully saturated rings. The van der Waals surface area contributed by atoms with Gasteiger partial charge in [-0.25, -0.2) is 0 Å². The maximum Gasteiger partial charge on any atom is 0.258 e. The van der Waals surface area contributed by atoms with Gasteiger partial charge in [-0.15, -0.1) is 0 Å². The van der Waals surface area contributed by atoms with Crippen molar-refractivity contribution in [3.8, 4) is 17.6 Å². The van der Waals surface area contributed by atoms with Crippen LogP contribution in [0.1, 0.15) is 45.1 Å². The summed E-state index contributed by atoms with van der Waals surface area (Å²) >= 11 is 0. The van der Waals surface area contributed by atoms with Gasteiger partial charge in [0.1, 0.15) is 0 Å². The lowest BCUT2D eigenvalue weighted by Gasteiger charge is -2.15. The van der Waals surface area contributed by atoms with Gasteiger partial charge in [0, 0.05) is 12.1 Å². The minimum absolute atomic E-state index is 0.0691. The zero-order valence-electron chi connectivity index (χ0n) is 13.5. The van der Waals surface area contributed by atoms with E-state index in [9.17, 15) is 4.79 Å². The van der Waals surface area contributed by atoms with Crippen molar-refractivity contribution in [2.24, 2.45) is 0 Å². The van der Waals surface area contributed by atoms with E-state index in [0.717, 1.165) is 12.8 Å². The topological polar surface area (TPSA) is 71.3 Å². The molecule has 22 heavy (non-hydrogen) atoms. The van der Waals surface area contributed by atoms with E-state index in [1.54, 1.807) is 18.2 Å². The third kappa shape index (κ3) is 6.04. The minimum Gasteiger partial charge on any atom is -0.493 e. The standard InChI is InChI=1S/C17H24N2O3/c1-4-5-6-7-13(2)19-17(20)12-22-15-9-8-14(11-18)10-16(15)21-3/h8-10,13H,4-7,12H2,1-3H3,(H,19,20). The minimum atomic E-state index is -0.157. The highest BCUT2D eigenvalue weighted by molar-refractivity contribution is 5.77. The molecule has 0 bridgehead atoms. The van der Waals surface area contributed by atoms with Crippen LogP contribution in [0.25, 0.3) is 0 Å². The second-order valence-electron chi connectivity index (χ2n) is 5.23. The molecule has 0 radical (unpaired) electrons. The lowest BCUT2D eigenvalue weighted by atomic mass is 10.1. The van der Waals surface area contributed by atoms with Crippen molar-refractivity contribution in [2.75, 3.05) is 13.7 Å². The molecule has 0 saturated heterocycles. The largest absolute Gasteiger partial charge is 0.493 e. The number of hydrogen-bond acceptors (Lipinski definition) is 4. The van der Waals surface area contributed by atoms with Crippen LogP contribution in [0, 0.1) is 11.3 Å². The predicted molar refractivity (Wildman–Crippen MR) is 85.0 cm³/mol. The van der Waals surface area contributed by atoms with Gasteiger partial charge < -0.3 is 14.8 Å². The molecule has 1 rings (SSSR count). The second-order valence-corrected chi connectivity index (χ2v) is 5.23. The zero-order valence-corrected chi connectivity index (χ0v) is 13.5. The molecule has 1 aromatic carbocycles. The van der Waals surface area contributed by atoms with Gasteiger partial charge in [0.15, 0.2) is 18.1 Å². The van der Waals surface area contributed by atoms with Crippen LogP contribution in [0.4, 0.5) is 0 Å². The molecular weight excluding hydrogens is 280 g/mol. The van der Waals surface area contributed by atoms with E-state index in [0.29, 0.717) is 17.1 Å². The normalized spacial score (nSPS) is 11.4. The summed E-state index contributed by atoms with van der Waals surface area (Å²) in [5.74, 6) is 0.744. The van der Waals surface area contributed by atoms with Crippen LogP contribution in [0.15, 0.2) is 18.2 Å². The van der Waals surface area contributed by atoms with E-state index in [-0.39, 0.29) is 18.6 Å². The fourth-order valence-electron chi connectivity index (χ4n) is 2.09. The molecule has 0 aliphatic heterocycles. The predicted octanol–water partition coefficient (Wildman–Crippen LogP) is 3.03. The van der Waals surface area contributed by atoms with E-state index in [1.165, 1.54) is 20.0 Å². The Labute approximate surface area is 132 Å². The number of ether oxygens (including phenoxy) is 2. The fraction of sp³-hybridized carbons (Fsp3) is 0.529. The second kappa shape index (κ2) is 9.67. The lowest BCUT2D eigenvalue weighted by Crippen LogP contribution is -2.36. The summed E-state index contributed by atoms with van der Waals surface area (Å²) in [5.41, 5.74) is 0.484. The Hall–Kier alpha value is -2.22. The fourth-order valence-corrected chi connectivity index (χ4v) is 2.09. The highest BCUT2D eigenvalue weighted by atomic mass is 16.5. The maximum atomic E-state index is 11.9. The first-order chi connectivity index (χ1) is 10.6. The smallest absolute Gasteiger partial charge is 0.258 e. The van der Waals surface area contributed by atoms with Gasteiger partial charge in [-0.1, -0.05) is 26.2 Å². The van der Waals surface area contributed by atoms with Crippen molar-refractivity contribution in [2.45, 2.75) is 45.6 Å². The van der Waals surface area contributed by atoms with Crippen LogP contribution in [-0.4, -0.2) is 25.7 Å². The van der Waals surface area contributed by atoms with Gasteiger partial charge in [0.25, 0.3) is 5.91 Å². The number of carbonyl (C=O) groups excluding carboxylic acids is 1. The molecule has 1 amide bonds. The van der Waals surface area contributed by atoms with Crippen molar-refractivity contribution < 1.29 is 14.3 Å². The third-order valence-electron chi connectivity index (χ3n) is 3.30. The monoisotopic (exact) mass is 304 g/mol. The first-order valence-electron chi connectivity index (χ1n) is 7.61. The average Bonchev–Trinajstić information content (AvgIpc) is 2.52. The van der Waals surface area contributed by atoms with Gasteiger partial charge in [-0.3, -0.25) is 4.79 Å². The van der Waals surface area contributed by atoms with Gasteiger partial charge >= 0.3 is 0 Å². The zero-order chi connectivity index (χ0) is 16.4. The number of methoxy groups -OCH3 is 1. The summed E-state index contributed by atoms with van der Waals surface area (Å²) in [7, 11) is 1.50. The Morgan fingerprint density at radius 3 is 2.77 bits per heavy atom. The molecule has 0 aliphatic rings. The van der Waals surface area contributed by atoms with Crippen molar-refractivity contribution in [1.82, 2.24) is 5.32 Å². The Morgan fingerprint density at radius 1 is 1.36 bits per heavy atom. The summed E-state index contributed by atoms with van der Waals surface area (Å²) in [4.78, 5) is 11.9. The number of unbranched alkanes of at least 4 members (excludes halogenated alkanes) is 2. The van der Waals surface area contributed by atoms with Crippen molar-refractivity contribution in [3.63, 3.8) is 0 Å². The van der Waals surface area contributed by atoms with Crippen LogP contribution in [0.5, 0.6) is 11.5 Å². The van der Waals surface area contributed by atoms with E-state index in [4.69, 9.17) is 14.7 Å². The van der Waals surface area contributed by atoms with Crippen LogP contribution >= 0.6 is 0 Å². The van der Waals surface area contributed by atoms with Crippen molar-refractivity contribution in [1.29, 1.82) is 5.26 Å². The maximum absolute atomic E-state index is 11.9. The molecule has 5 heteroatoms. The van der Waals surface area contributed by atoms with Crippen LogP contribution in [0.2, 0.25) is 0 Å². The quantitative estimate of drug-likeness (QED) is 0.712. The summed E-state index contributed by atoms with van der Waals surface area (Å²) in [5, 5.41) is 11.8. The number of rotatable bonds is 9. The summed E-state index contributed by atoms with van der Waals surface area (Å²) in [6.45, 7) is 4.08. The molecule has 1 unspecified atom stereocenters. The first kappa shape index (κ1) is 17.8. The number of nitrogens with one attached hydrogen (secondary N) is 1. The SMILES string of the molecule is CCCCCC(C)NC(=O)COc1ccc(C#N)cc1OC. The number of nitrogens with zero attached hydrogens (tertiary/aromatic N) is 1. The molecule has 0 aliphatic carbocycles. The van der Waals surface area contributed by atoms with Gasteiger partial charge in [0.05, 0.1) is 18.7 Å². The molecule has 0 aromatic heterocycles. The lowest BCUT2D eigenvalue weighted by molar-refractivity contribution is -0.123. The molecule has 1 atom stereocenters. The molecule has 0 saturated carbocycles. The molecule has 5 nitrogen and oxygen atoms in total. The number of nitriles is 1. The summed E-state index contributed by atoms with van der Waals surface area (Å²) in [6.07, 6.45) is 4.43. The van der Waals surface area contributed by atoms with Gasteiger partial charge in [0.2, 0.25) is 0 Å². The summed E-state index contributed by atoms with van der Waals surface area (Å²) < 4.78 is 10.6. The average molecular weight is 304 g/mol. The van der Waals surface area contributed by atoms with E-state index in [1.807, 2.05) is 13.0 Å². The Morgan fingerprint density at radius 2 is 2.14 bits per heavy atom. The molecule has 1 aromatic rings. The third-order valence-corrected chi connectivity index (χ3v) is 3.30. The Balaban J connectivity index is 2.45. The molecule has 120 valence electrons. The van der Waals surface area contributed by atoms with Gasteiger partial charge in [-0.05, 0) is 25.5 Å². The number of benzene rings is 1. The molecule has 0 spiro atoms. The van der Waals surface area contributed by atoms with Crippen LogP contribution in [0.3, 0.4) is 0 Å². The van der Waals surface area contributed by atoms with Gasteiger partial charge in [-0.2, -0.15) is 5.26 Å². The molecule has 1 N–H and O–H groups in total. The molecular formula is C17H24N2O3. The number of amides is 1. The van der Waals surface area contributed by atoms with E-state index in [2.05, 4.69) is 12.2 Å².